The van der Waals surface area contributed by atoms with Crippen molar-refractivity contribution >= 4 is 0 Å². The van der Waals surface area contributed by atoms with Crippen molar-refractivity contribution in [3.8, 4) is 0 Å². The Labute approximate surface area is 103 Å². The highest BCUT2D eigenvalue weighted by molar-refractivity contribution is 5.17. The number of hydrogen-bond donors (Lipinski definition) is 1. The van der Waals surface area contributed by atoms with Crippen molar-refractivity contribution in [3.05, 3.63) is 35.6 Å². The normalized spacial score (nSPS) is 17.8. The first-order valence-electron chi connectivity index (χ1n) is 6.74. The molecule has 1 aliphatic rings. The highest BCUT2D eigenvalue weighted by Gasteiger charge is 2.26. The third kappa shape index (κ3) is 3.53. The molecule has 17 heavy (non-hydrogen) atoms. The third-order valence-electron chi connectivity index (χ3n) is 3.88. The molecule has 94 valence electrons. The molecule has 0 spiro atoms. The fourth-order valence-corrected chi connectivity index (χ4v) is 2.57. The van der Waals surface area contributed by atoms with Gasteiger partial charge in [0.1, 0.15) is 5.82 Å². The van der Waals surface area contributed by atoms with Crippen LogP contribution in [0.25, 0.3) is 0 Å². The van der Waals surface area contributed by atoms with Crippen LogP contribution < -0.4 is 5.32 Å². The van der Waals surface area contributed by atoms with Gasteiger partial charge in [0.15, 0.2) is 0 Å². The maximum atomic E-state index is 12.9. The van der Waals surface area contributed by atoms with Gasteiger partial charge in [-0.15, -0.1) is 0 Å². The van der Waals surface area contributed by atoms with E-state index in [1.54, 1.807) is 12.1 Å². The summed E-state index contributed by atoms with van der Waals surface area (Å²) in [5, 5.41) is 3.46. The van der Waals surface area contributed by atoms with Crippen LogP contribution in [0.4, 0.5) is 4.39 Å². The van der Waals surface area contributed by atoms with E-state index in [4.69, 9.17) is 0 Å². The molecular weight excluding hydrogens is 213 g/mol. The Morgan fingerprint density at radius 2 is 2.00 bits per heavy atom. The molecular formula is C15H22FN. The highest BCUT2D eigenvalue weighted by atomic mass is 19.1. The molecule has 1 N–H and O–H groups in total. The lowest BCUT2D eigenvalue weighted by Crippen LogP contribution is -2.33. The molecule has 1 saturated carbocycles. The lowest BCUT2D eigenvalue weighted by atomic mass is 9.73. The van der Waals surface area contributed by atoms with E-state index in [1.165, 1.54) is 24.8 Å². The smallest absolute Gasteiger partial charge is 0.123 e. The SMILES string of the molecule is CCNCC(Cc1ccc(F)cc1)C1CCC1. The lowest BCUT2D eigenvalue weighted by Gasteiger charge is -2.34. The van der Waals surface area contributed by atoms with Gasteiger partial charge in [-0.25, -0.2) is 4.39 Å². The lowest BCUT2D eigenvalue weighted by molar-refractivity contribution is 0.200. The van der Waals surface area contributed by atoms with Gasteiger partial charge in [0.2, 0.25) is 0 Å². The second-order valence-electron chi connectivity index (χ2n) is 5.09. The molecule has 0 amide bonds. The van der Waals surface area contributed by atoms with Gasteiger partial charge in [0, 0.05) is 0 Å². The van der Waals surface area contributed by atoms with Crippen LogP contribution in [0.1, 0.15) is 31.7 Å². The number of benzene rings is 1. The van der Waals surface area contributed by atoms with Crippen molar-refractivity contribution in [2.45, 2.75) is 32.6 Å². The van der Waals surface area contributed by atoms with Crippen molar-refractivity contribution < 1.29 is 4.39 Å². The Bertz CT molecular complexity index is 329. The molecule has 1 atom stereocenters. The standard InChI is InChI=1S/C15H22FN/c1-2-17-11-14(13-4-3-5-13)10-12-6-8-15(16)9-7-12/h6-9,13-14,17H,2-5,10-11H2,1H3. The molecule has 1 unspecified atom stereocenters. The maximum absolute atomic E-state index is 12.9. The first-order valence-corrected chi connectivity index (χ1v) is 6.74. The molecule has 1 aliphatic carbocycles. The summed E-state index contributed by atoms with van der Waals surface area (Å²) < 4.78 is 12.9. The minimum Gasteiger partial charge on any atom is -0.317 e. The highest BCUT2D eigenvalue weighted by Crippen LogP contribution is 2.34. The molecule has 0 radical (unpaired) electrons. The van der Waals surface area contributed by atoms with Gasteiger partial charge in [0.25, 0.3) is 0 Å². The molecule has 1 aromatic carbocycles. The number of halogens is 1. The van der Waals surface area contributed by atoms with Crippen LogP contribution in [0.2, 0.25) is 0 Å². The van der Waals surface area contributed by atoms with Crippen LogP contribution in [0.5, 0.6) is 0 Å². The minimum atomic E-state index is -0.138. The van der Waals surface area contributed by atoms with Crippen molar-refractivity contribution in [3.63, 3.8) is 0 Å². The molecule has 0 aliphatic heterocycles. The van der Waals surface area contributed by atoms with E-state index in [-0.39, 0.29) is 5.82 Å². The van der Waals surface area contributed by atoms with Gasteiger partial charge in [-0.3, -0.25) is 0 Å². The summed E-state index contributed by atoms with van der Waals surface area (Å²) in [6.45, 7) is 4.28. The zero-order valence-corrected chi connectivity index (χ0v) is 10.6. The van der Waals surface area contributed by atoms with E-state index in [2.05, 4.69) is 12.2 Å². The zero-order valence-electron chi connectivity index (χ0n) is 10.6. The Hall–Kier alpha value is -0.890. The van der Waals surface area contributed by atoms with Crippen molar-refractivity contribution in [2.24, 2.45) is 11.8 Å². The fourth-order valence-electron chi connectivity index (χ4n) is 2.57. The van der Waals surface area contributed by atoms with Crippen LogP contribution in [0.3, 0.4) is 0 Å². The van der Waals surface area contributed by atoms with Crippen LogP contribution in [0.15, 0.2) is 24.3 Å². The van der Waals surface area contributed by atoms with Crippen molar-refractivity contribution in [1.29, 1.82) is 0 Å². The van der Waals surface area contributed by atoms with E-state index in [9.17, 15) is 4.39 Å². The Balaban J connectivity index is 1.93. The van der Waals surface area contributed by atoms with Gasteiger partial charge >= 0.3 is 0 Å². The molecule has 0 aromatic heterocycles. The minimum absolute atomic E-state index is 0.138. The Morgan fingerprint density at radius 1 is 1.29 bits per heavy atom. The maximum Gasteiger partial charge on any atom is 0.123 e. The zero-order chi connectivity index (χ0) is 12.1. The second kappa shape index (κ2) is 6.15. The monoisotopic (exact) mass is 235 g/mol. The molecule has 0 bridgehead atoms. The molecule has 1 aromatic rings. The van der Waals surface area contributed by atoms with Crippen LogP contribution >= 0.6 is 0 Å². The van der Waals surface area contributed by atoms with Crippen LogP contribution in [0, 0.1) is 17.7 Å². The third-order valence-corrected chi connectivity index (χ3v) is 3.88. The second-order valence-corrected chi connectivity index (χ2v) is 5.09. The molecule has 1 fully saturated rings. The van der Waals surface area contributed by atoms with E-state index >= 15 is 0 Å². The summed E-state index contributed by atoms with van der Waals surface area (Å²) in [6, 6.07) is 6.99. The van der Waals surface area contributed by atoms with Crippen molar-refractivity contribution in [2.75, 3.05) is 13.1 Å². The largest absolute Gasteiger partial charge is 0.317 e. The average Bonchev–Trinajstić information content (AvgIpc) is 2.26. The number of rotatable bonds is 6. The predicted molar refractivity (Wildman–Crippen MR) is 69.5 cm³/mol. The van der Waals surface area contributed by atoms with Gasteiger partial charge < -0.3 is 5.32 Å². The average molecular weight is 235 g/mol. The van der Waals surface area contributed by atoms with E-state index < -0.39 is 0 Å². The molecule has 2 heteroatoms. The summed E-state index contributed by atoms with van der Waals surface area (Å²) in [5.74, 6) is 1.45. The van der Waals surface area contributed by atoms with Crippen LogP contribution in [-0.2, 0) is 6.42 Å². The van der Waals surface area contributed by atoms with Gasteiger partial charge in [-0.05, 0) is 49.0 Å². The van der Waals surface area contributed by atoms with Crippen LogP contribution in [-0.4, -0.2) is 13.1 Å². The topological polar surface area (TPSA) is 12.0 Å². The number of nitrogens with one attached hydrogen (secondary N) is 1. The summed E-state index contributed by atoms with van der Waals surface area (Å²) in [5.41, 5.74) is 1.27. The fraction of sp³-hybridized carbons (Fsp3) is 0.600. The van der Waals surface area contributed by atoms with E-state index in [0.29, 0.717) is 5.92 Å². The van der Waals surface area contributed by atoms with E-state index in [1.807, 2.05) is 12.1 Å². The molecule has 1 nitrogen and oxygen atoms in total. The van der Waals surface area contributed by atoms with E-state index in [0.717, 1.165) is 25.4 Å². The number of hydrogen-bond acceptors (Lipinski definition) is 1. The van der Waals surface area contributed by atoms with Gasteiger partial charge in [-0.2, -0.15) is 0 Å². The molecule has 2 rings (SSSR count). The predicted octanol–water partition coefficient (Wildman–Crippen LogP) is 3.39. The quantitative estimate of drug-likeness (QED) is 0.797. The first-order chi connectivity index (χ1) is 8.29. The summed E-state index contributed by atoms with van der Waals surface area (Å²) in [4.78, 5) is 0. The molecule has 0 saturated heterocycles. The first kappa shape index (κ1) is 12.6. The molecule has 0 heterocycles. The summed E-state index contributed by atoms with van der Waals surface area (Å²) in [6.07, 6.45) is 5.21. The summed E-state index contributed by atoms with van der Waals surface area (Å²) >= 11 is 0. The van der Waals surface area contributed by atoms with Gasteiger partial charge in [0.05, 0.1) is 0 Å². The van der Waals surface area contributed by atoms with Crippen molar-refractivity contribution in [1.82, 2.24) is 5.32 Å². The summed E-state index contributed by atoms with van der Waals surface area (Å²) in [7, 11) is 0. The Kier molecular flexibility index (Phi) is 4.55. The Morgan fingerprint density at radius 3 is 2.53 bits per heavy atom. The van der Waals surface area contributed by atoms with Gasteiger partial charge in [-0.1, -0.05) is 38.3 Å².